The van der Waals surface area contributed by atoms with E-state index in [9.17, 15) is 9.90 Å². The molecule has 0 amide bonds. The molecular formula is C18H20O4. The first-order valence-electron chi connectivity index (χ1n) is 7.20. The molecule has 0 heterocycles. The van der Waals surface area contributed by atoms with Crippen molar-refractivity contribution in [3.8, 4) is 0 Å². The first-order chi connectivity index (χ1) is 10.8. The monoisotopic (exact) mass is 300 g/mol. The highest BCUT2D eigenvalue weighted by molar-refractivity contribution is 5.57. The van der Waals surface area contributed by atoms with Crippen molar-refractivity contribution in [3.05, 3.63) is 71.8 Å². The zero-order chi connectivity index (χ0) is 15.6. The van der Waals surface area contributed by atoms with Crippen LogP contribution in [0.15, 0.2) is 60.7 Å². The van der Waals surface area contributed by atoms with E-state index in [1.807, 2.05) is 60.7 Å². The summed E-state index contributed by atoms with van der Waals surface area (Å²) in [5.41, 5.74) is 1.95. The van der Waals surface area contributed by atoms with E-state index in [1.165, 1.54) is 0 Å². The van der Waals surface area contributed by atoms with Gasteiger partial charge in [-0.15, -0.1) is 0 Å². The van der Waals surface area contributed by atoms with Gasteiger partial charge in [-0.3, -0.25) is 0 Å². The van der Waals surface area contributed by atoms with Crippen LogP contribution in [0.3, 0.4) is 0 Å². The molecule has 1 N–H and O–H groups in total. The van der Waals surface area contributed by atoms with E-state index >= 15 is 0 Å². The summed E-state index contributed by atoms with van der Waals surface area (Å²) in [6.07, 6.45) is -0.801. The third-order valence-electron chi connectivity index (χ3n) is 3.27. The Morgan fingerprint density at radius 1 is 0.864 bits per heavy atom. The lowest BCUT2D eigenvalue weighted by Gasteiger charge is -2.22. The van der Waals surface area contributed by atoms with Gasteiger partial charge in [0.15, 0.2) is 6.29 Å². The number of hydrogen-bond acceptors (Lipinski definition) is 4. The SMILES string of the molecule is O=C[C@H](OCc1ccccc1)[C@H](CO)OCc1ccccc1. The van der Waals surface area contributed by atoms with Crippen LogP contribution in [-0.4, -0.2) is 30.2 Å². The topological polar surface area (TPSA) is 55.8 Å². The maximum atomic E-state index is 11.2. The van der Waals surface area contributed by atoms with E-state index < -0.39 is 12.2 Å². The van der Waals surface area contributed by atoms with Crippen LogP contribution < -0.4 is 0 Å². The quantitative estimate of drug-likeness (QED) is 0.722. The second kappa shape index (κ2) is 9.10. The predicted molar refractivity (Wildman–Crippen MR) is 83.2 cm³/mol. The van der Waals surface area contributed by atoms with Gasteiger partial charge in [-0.25, -0.2) is 0 Å². The van der Waals surface area contributed by atoms with Crippen LogP contribution in [0.25, 0.3) is 0 Å². The summed E-state index contributed by atoms with van der Waals surface area (Å²) in [4.78, 5) is 11.2. The van der Waals surface area contributed by atoms with Gasteiger partial charge in [0, 0.05) is 0 Å². The summed E-state index contributed by atoms with van der Waals surface area (Å²) in [5.74, 6) is 0. The molecule has 4 heteroatoms. The maximum Gasteiger partial charge on any atom is 0.151 e. The third kappa shape index (κ3) is 5.07. The van der Waals surface area contributed by atoms with E-state index in [2.05, 4.69) is 0 Å². The minimum absolute atomic E-state index is 0.273. The van der Waals surface area contributed by atoms with Crippen molar-refractivity contribution in [2.45, 2.75) is 25.4 Å². The zero-order valence-electron chi connectivity index (χ0n) is 12.3. The Morgan fingerprint density at radius 3 is 1.82 bits per heavy atom. The van der Waals surface area contributed by atoms with Gasteiger partial charge in [0.2, 0.25) is 0 Å². The molecule has 0 saturated carbocycles. The van der Waals surface area contributed by atoms with Crippen LogP contribution in [0, 0.1) is 0 Å². The molecule has 0 aliphatic rings. The predicted octanol–water partition coefficient (Wildman–Crippen LogP) is 2.35. The number of benzene rings is 2. The van der Waals surface area contributed by atoms with Crippen molar-refractivity contribution >= 4 is 6.29 Å². The van der Waals surface area contributed by atoms with Crippen molar-refractivity contribution in [1.29, 1.82) is 0 Å². The Labute approximate surface area is 130 Å². The highest BCUT2D eigenvalue weighted by atomic mass is 16.5. The molecule has 0 aromatic heterocycles. The highest BCUT2D eigenvalue weighted by Crippen LogP contribution is 2.10. The Hall–Kier alpha value is -2.01. The lowest BCUT2D eigenvalue weighted by Crippen LogP contribution is -2.35. The smallest absolute Gasteiger partial charge is 0.151 e. The van der Waals surface area contributed by atoms with Crippen LogP contribution in [0.1, 0.15) is 11.1 Å². The van der Waals surface area contributed by atoms with Gasteiger partial charge in [0.1, 0.15) is 12.2 Å². The van der Waals surface area contributed by atoms with E-state index in [1.54, 1.807) is 0 Å². The Morgan fingerprint density at radius 2 is 1.36 bits per heavy atom. The second-order valence-corrected chi connectivity index (χ2v) is 4.91. The average molecular weight is 300 g/mol. The summed E-state index contributed by atoms with van der Waals surface area (Å²) in [6, 6.07) is 19.2. The maximum absolute atomic E-state index is 11.2. The van der Waals surface area contributed by atoms with Gasteiger partial charge in [0.25, 0.3) is 0 Å². The molecule has 4 nitrogen and oxygen atoms in total. The number of aliphatic hydroxyl groups is 1. The molecule has 2 aromatic carbocycles. The molecule has 22 heavy (non-hydrogen) atoms. The fraction of sp³-hybridized carbons (Fsp3) is 0.278. The summed E-state index contributed by atoms with van der Waals surface area (Å²) >= 11 is 0. The molecule has 0 aliphatic carbocycles. The van der Waals surface area contributed by atoms with E-state index in [0.29, 0.717) is 19.5 Å². The molecule has 116 valence electrons. The van der Waals surface area contributed by atoms with Gasteiger partial charge in [-0.1, -0.05) is 60.7 Å². The molecule has 0 bridgehead atoms. The molecule has 2 aromatic rings. The lowest BCUT2D eigenvalue weighted by atomic mass is 10.2. The standard InChI is InChI=1S/C18H20O4/c19-11-17(21-13-15-7-3-1-4-8-15)18(12-20)22-14-16-9-5-2-6-10-16/h1-11,17-18,20H,12-14H2/t17-,18-/m0/s1. The van der Waals surface area contributed by atoms with Crippen molar-refractivity contribution in [3.63, 3.8) is 0 Å². The number of carbonyl (C=O) groups excluding carboxylic acids is 1. The van der Waals surface area contributed by atoms with Gasteiger partial charge in [-0.2, -0.15) is 0 Å². The van der Waals surface area contributed by atoms with Crippen molar-refractivity contribution in [2.24, 2.45) is 0 Å². The fourth-order valence-electron chi connectivity index (χ4n) is 2.03. The second-order valence-electron chi connectivity index (χ2n) is 4.91. The average Bonchev–Trinajstić information content (AvgIpc) is 2.59. The van der Waals surface area contributed by atoms with Crippen LogP contribution in [0.5, 0.6) is 0 Å². The molecule has 0 aliphatic heterocycles. The Kier molecular flexibility index (Phi) is 6.77. The summed E-state index contributed by atoms with van der Waals surface area (Å²) in [6.45, 7) is 0.353. The van der Waals surface area contributed by atoms with Gasteiger partial charge >= 0.3 is 0 Å². The number of rotatable bonds is 9. The van der Waals surface area contributed by atoms with Crippen LogP contribution in [0.2, 0.25) is 0 Å². The van der Waals surface area contributed by atoms with Crippen LogP contribution in [-0.2, 0) is 27.5 Å². The largest absolute Gasteiger partial charge is 0.394 e. The van der Waals surface area contributed by atoms with Gasteiger partial charge in [-0.05, 0) is 11.1 Å². The molecule has 0 fully saturated rings. The molecule has 0 radical (unpaired) electrons. The minimum atomic E-state index is -0.797. The number of aldehydes is 1. The number of aliphatic hydroxyl groups excluding tert-OH is 1. The van der Waals surface area contributed by atoms with E-state index in [0.717, 1.165) is 11.1 Å². The van der Waals surface area contributed by atoms with Crippen molar-refractivity contribution in [1.82, 2.24) is 0 Å². The fourth-order valence-corrected chi connectivity index (χ4v) is 2.03. The summed E-state index contributed by atoms with van der Waals surface area (Å²) in [7, 11) is 0. The minimum Gasteiger partial charge on any atom is -0.394 e. The molecular weight excluding hydrogens is 280 g/mol. The summed E-state index contributed by atoms with van der Waals surface area (Å²) in [5, 5.41) is 9.44. The van der Waals surface area contributed by atoms with Crippen molar-refractivity contribution in [2.75, 3.05) is 6.61 Å². The van der Waals surface area contributed by atoms with E-state index in [4.69, 9.17) is 9.47 Å². The van der Waals surface area contributed by atoms with Crippen LogP contribution in [0.4, 0.5) is 0 Å². The van der Waals surface area contributed by atoms with Crippen LogP contribution >= 0.6 is 0 Å². The molecule has 0 saturated heterocycles. The molecule has 2 atom stereocenters. The number of ether oxygens (including phenoxy) is 2. The highest BCUT2D eigenvalue weighted by Gasteiger charge is 2.22. The Balaban J connectivity index is 1.87. The first-order valence-corrected chi connectivity index (χ1v) is 7.20. The summed E-state index contributed by atoms with van der Waals surface area (Å²) < 4.78 is 11.2. The van der Waals surface area contributed by atoms with E-state index in [-0.39, 0.29) is 6.61 Å². The third-order valence-corrected chi connectivity index (χ3v) is 3.27. The van der Waals surface area contributed by atoms with Gasteiger partial charge in [0.05, 0.1) is 19.8 Å². The zero-order valence-corrected chi connectivity index (χ0v) is 12.3. The molecule has 2 rings (SSSR count). The van der Waals surface area contributed by atoms with Gasteiger partial charge < -0.3 is 19.4 Å². The molecule has 0 unspecified atom stereocenters. The number of carbonyl (C=O) groups is 1. The normalized spacial score (nSPS) is 13.5. The lowest BCUT2D eigenvalue weighted by molar-refractivity contribution is -0.137. The molecule has 0 spiro atoms. The van der Waals surface area contributed by atoms with Crippen molar-refractivity contribution < 1.29 is 19.4 Å². The first kappa shape index (κ1) is 16.4. The number of hydrogen-bond donors (Lipinski definition) is 1. The Bertz CT molecular complexity index is 542.